The maximum atomic E-state index is 10.5. The molecule has 0 amide bonds. The first-order valence-corrected chi connectivity index (χ1v) is 6.23. The summed E-state index contributed by atoms with van der Waals surface area (Å²) in [5, 5.41) is 10.5. The van der Waals surface area contributed by atoms with Gasteiger partial charge in [-0.15, -0.1) is 0 Å². The van der Waals surface area contributed by atoms with Crippen LogP contribution in [0.1, 0.15) is 24.0 Å². The topological polar surface area (TPSA) is 20.2 Å². The molecule has 1 aliphatic rings. The standard InChI is InChI=1S/C12H16OS/c1-10-3-2-4-11(9-10)12(13)5-7-14-8-6-12/h2-4,9,13H,5-8H2,1H3. The first kappa shape index (κ1) is 10.1. The van der Waals surface area contributed by atoms with Gasteiger partial charge in [-0.25, -0.2) is 0 Å². The predicted octanol–water partition coefficient (Wildman–Crippen LogP) is 2.71. The second-order valence-corrected chi connectivity index (χ2v) is 5.24. The first-order valence-electron chi connectivity index (χ1n) is 5.08. The second-order valence-electron chi connectivity index (χ2n) is 4.01. The molecule has 1 N–H and O–H groups in total. The van der Waals surface area contributed by atoms with Crippen LogP contribution in [-0.2, 0) is 5.60 Å². The number of benzene rings is 1. The van der Waals surface area contributed by atoms with Gasteiger partial charge in [-0.05, 0) is 36.8 Å². The molecule has 0 saturated carbocycles. The summed E-state index contributed by atoms with van der Waals surface area (Å²) >= 11 is 1.94. The van der Waals surface area contributed by atoms with Crippen LogP contribution in [0.25, 0.3) is 0 Å². The molecule has 2 rings (SSSR count). The predicted molar refractivity (Wildman–Crippen MR) is 61.6 cm³/mol. The van der Waals surface area contributed by atoms with Crippen molar-refractivity contribution < 1.29 is 5.11 Å². The first-order chi connectivity index (χ1) is 6.71. The molecule has 0 atom stereocenters. The van der Waals surface area contributed by atoms with E-state index in [1.807, 2.05) is 23.9 Å². The molecule has 0 aliphatic carbocycles. The summed E-state index contributed by atoms with van der Waals surface area (Å²) in [5.74, 6) is 2.15. The lowest BCUT2D eigenvalue weighted by molar-refractivity contribution is 0.0280. The fourth-order valence-electron chi connectivity index (χ4n) is 1.93. The van der Waals surface area contributed by atoms with E-state index in [2.05, 4.69) is 19.1 Å². The van der Waals surface area contributed by atoms with Gasteiger partial charge in [0.15, 0.2) is 0 Å². The lowest BCUT2D eigenvalue weighted by Crippen LogP contribution is -2.30. The van der Waals surface area contributed by atoms with Crippen LogP contribution in [0.4, 0.5) is 0 Å². The van der Waals surface area contributed by atoms with Crippen LogP contribution in [0.15, 0.2) is 24.3 Å². The number of aliphatic hydroxyl groups is 1. The van der Waals surface area contributed by atoms with Gasteiger partial charge in [0.25, 0.3) is 0 Å². The normalized spacial score (nSPS) is 20.7. The number of rotatable bonds is 1. The van der Waals surface area contributed by atoms with E-state index >= 15 is 0 Å². The van der Waals surface area contributed by atoms with Crippen molar-refractivity contribution in [1.82, 2.24) is 0 Å². The summed E-state index contributed by atoms with van der Waals surface area (Å²) in [7, 11) is 0. The number of aryl methyl sites for hydroxylation is 1. The highest BCUT2D eigenvalue weighted by Crippen LogP contribution is 2.35. The Bertz CT molecular complexity index is 316. The maximum Gasteiger partial charge on any atom is 0.0912 e. The highest BCUT2D eigenvalue weighted by atomic mass is 32.2. The minimum atomic E-state index is -0.558. The number of thioether (sulfide) groups is 1. The van der Waals surface area contributed by atoms with Crippen LogP contribution in [0.2, 0.25) is 0 Å². The monoisotopic (exact) mass is 208 g/mol. The zero-order chi connectivity index (χ0) is 10.0. The van der Waals surface area contributed by atoms with Crippen molar-refractivity contribution in [2.45, 2.75) is 25.4 Å². The van der Waals surface area contributed by atoms with E-state index in [4.69, 9.17) is 0 Å². The molecule has 76 valence electrons. The third-order valence-electron chi connectivity index (χ3n) is 2.88. The molecule has 1 aromatic rings. The van der Waals surface area contributed by atoms with Gasteiger partial charge in [0.05, 0.1) is 5.60 Å². The molecule has 0 unspecified atom stereocenters. The summed E-state index contributed by atoms with van der Waals surface area (Å²) in [6.07, 6.45) is 1.78. The molecule has 0 radical (unpaired) electrons. The van der Waals surface area contributed by atoms with Crippen LogP contribution < -0.4 is 0 Å². The molecule has 14 heavy (non-hydrogen) atoms. The van der Waals surface area contributed by atoms with Gasteiger partial charge in [-0.2, -0.15) is 11.8 Å². The van der Waals surface area contributed by atoms with Crippen LogP contribution in [0, 0.1) is 6.92 Å². The average Bonchev–Trinajstić information content (AvgIpc) is 2.19. The number of hydrogen-bond donors (Lipinski definition) is 1. The van der Waals surface area contributed by atoms with Gasteiger partial charge in [0.1, 0.15) is 0 Å². The zero-order valence-corrected chi connectivity index (χ0v) is 9.31. The Morgan fingerprint density at radius 2 is 2.00 bits per heavy atom. The van der Waals surface area contributed by atoms with E-state index in [9.17, 15) is 5.11 Å². The van der Waals surface area contributed by atoms with Crippen LogP contribution in [0.3, 0.4) is 0 Å². The summed E-state index contributed by atoms with van der Waals surface area (Å²) in [6, 6.07) is 8.26. The molecule has 0 bridgehead atoms. The largest absolute Gasteiger partial charge is 0.385 e. The van der Waals surface area contributed by atoms with Crippen LogP contribution in [0.5, 0.6) is 0 Å². The van der Waals surface area contributed by atoms with Crippen molar-refractivity contribution in [3.63, 3.8) is 0 Å². The van der Waals surface area contributed by atoms with Gasteiger partial charge in [0.2, 0.25) is 0 Å². The van der Waals surface area contributed by atoms with E-state index in [1.165, 1.54) is 5.56 Å². The van der Waals surface area contributed by atoms with Crippen molar-refractivity contribution >= 4 is 11.8 Å². The van der Waals surface area contributed by atoms with E-state index in [0.29, 0.717) is 0 Å². The van der Waals surface area contributed by atoms with Crippen LogP contribution >= 0.6 is 11.8 Å². The highest BCUT2D eigenvalue weighted by molar-refractivity contribution is 7.99. The Labute approximate surface area is 89.5 Å². The van der Waals surface area contributed by atoms with Gasteiger partial charge in [0, 0.05) is 0 Å². The van der Waals surface area contributed by atoms with E-state index in [1.54, 1.807) is 0 Å². The van der Waals surface area contributed by atoms with Crippen molar-refractivity contribution in [3.05, 3.63) is 35.4 Å². The smallest absolute Gasteiger partial charge is 0.0912 e. The molecule has 0 spiro atoms. The molecule has 1 aromatic carbocycles. The maximum absolute atomic E-state index is 10.5. The Morgan fingerprint density at radius 1 is 1.29 bits per heavy atom. The number of hydrogen-bond acceptors (Lipinski definition) is 2. The fourth-order valence-corrected chi connectivity index (χ4v) is 3.10. The Balaban J connectivity index is 2.28. The molecule has 1 nitrogen and oxygen atoms in total. The van der Waals surface area contributed by atoms with Crippen molar-refractivity contribution in [3.8, 4) is 0 Å². The van der Waals surface area contributed by atoms with Crippen molar-refractivity contribution in [2.75, 3.05) is 11.5 Å². The summed E-state index contributed by atoms with van der Waals surface area (Å²) in [6.45, 7) is 2.07. The fraction of sp³-hybridized carbons (Fsp3) is 0.500. The molecule has 1 saturated heterocycles. The molecule has 0 aromatic heterocycles. The second kappa shape index (κ2) is 3.95. The van der Waals surface area contributed by atoms with Gasteiger partial charge in [-0.1, -0.05) is 29.8 Å². The van der Waals surface area contributed by atoms with Gasteiger partial charge >= 0.3 is 0 Å². The van der Waals surface area contributed by atoms with Crippen LogP contribution in [-0.4, -0.2) is 16.6 Å². The average molecular weight is 208 g/mol. The van der Waals surface area contributed by atoms with Gasteiger partial charge < -0.3 is 5.11 Å². The van der Waals surface area contributed by atoms with E-state index in [-0.39, 0.29) is 0 Å². The van der Waals surface area contributed by atoms with Crippen molar-refractivity contribution in [1.29, 1.82) is 0 Å². The Morgan fingerprint density at radius 3 is 2.64 bits per heavy atom. The molecule has 1 fully saturated rings. The van der Waals surface area contributed by atoms with E-state index in [0.717, 1.165) is 29.9 Å². The van der Waals surface area contributed by atoms with Gasteiger partial charge in [-0.3, -0.25) is 0 Å². The lowest BCUT2D eigenvalue weighted by atomic mass is 9.87. The molecule has 2 heteroatoms. The quantitative estimate of drug-likeness (QED) is 0.765. The lowest BCUT2D eigenvalue weighted by Gasteiger charge is -2.32. The minimum absolute atomic E-state index is 0.558. The zero-order valence-electron chi connectivity index (χ0n) is 8.49. The summed E-state index contributed by atoms with van der Waals surface area (Å²) < 4.78 is 0. The SMILES string of the molecule is Cc1cccc(C2(O)CCSCC2)c1. The molecular formula is C12H16OS. The Kier molecular flexibility index (Phi) is 2.84. The third-order valence-corrected chi connectivity index (χ3v) is 3.86. The molecule has 1 heterocycles. The highest BCUT2D eigenvalue weighted by Gasteiger charge is 2.31. The van der Waals surface area contributed by atoms with Crippen molar-refractivity contribution in [2.24, 2.45) is 0 Å². The van der Waals surface area contributed by atoms with E-state index < -0.39 is 5.60 Å². The molecular weight excluding hydrogens is 192 g/mol. The third kappa shape index (κ3) is 1.96. The molecule has 1 aliphatic heterocycles. The Hall–Kier alpha value is -0.470. The minimum Gasteiger partial charge on any atom is -0.385 e. The summed E-state index contributed by atoms with van der Waals surface area (Å²) in [4.78, 5) is 0. The summed E-state index contributed by atoms with van der Waals surface area (Å²) in [5.41, 5.74) is 1.77.